The van der Waals surface area contributed by atoms with Gasteiger partial charge in [-0.05, 0) is 47.7 Å². The molecule has 0 aliphatic heterocycles. The van der Waals surface area contributed by atoms with Crippen LogP contribution in [0.1, 0.15) is 44.5 Å². The topological polar surface area (TPSA) is 139 Å². The number of carbonyl (C=O) groups excluding carboxylic acids is 3. The zero-order chi connectivity index (χ0) is 36.4. The zero-order valence-electron chi connectivity index (χ0n) is 29.4. The van der Waals surface area contributed by atoms with Gasteiger partial charge in [0.1, 0.15) is 24.3 Å². The van der Waals surface area contributed by atoms with Crippen LogP contribution in [0.15, 0.2) is 60.8 Å². The molecule has 0 spiro atoms. The molecule has 13 heteroatoms. The molecule has 0 fully saturated rings. The van der Waals surface area contributed by atoms with Gasteiger partial charge in [0.2, 0.25) is 11.8 Å². The van der Waals surface area contributed by atoms with Crippen molar-refractivity contribution in [1.29, 1.82) is 0 Å². The molecule has 0 saturated carbocycles. The number of aromatic nitrogens is 1. The van der Waals surface area contributed by atoms with E-state index in [0.29, 0.717) is 17.8 Å². The predicted molar refractivity (Wildman–Crippen MR) is 189 cm³/mol. The van der Waals surface area contributed by atoms with Crippen molar-refractivity contribution in [1.82, 2.24) is 20.1 Å². The molecule has 0 aliphatic rings. The molecule has 268 valence electrons. The van der Waals surface area contributed by atoms with Crippen molar-refractivity contribution in [3.05, 3.63) is 83.7 Å². The third-order valence-corrected chi connectivity index (χ3v) is 9.73. The van der Waals surface area contributed by atoms with Gasteiger partial charge in [0.15, 0.2) is 0 Å². The van der Waals surface area contributed by atoms with E-state index in [9.17, 15) is 23.9 Å². The molecule has 3 rings (SSSR count). The van der Waals surface area contributed by atoms with Gasteiger partial charge in [0, 0.05) is 57.3 Å². The number of hydrogen-bond donors (Lipinski definition) is 4. The zero-order valence-corrected chi connectivity index (χ0v) is 30.4. The fourth-order valence-corrected chi connectivity index (χ4v) is 6.30. The molecule has 49 heavy (non-hydrogen) atoms. The summed E-state index contributed by atoms with van der Waals surface area (Å²) in [6, 6.07) is 13.5. The molecule has 1 aromatic heterocycles. The lowest BCUT2D eigenvalue weighted by atomic mass is 9.82. The Morgan fingerprint density at radius 2 is 1.76 bits per heavy atom. The Hall–Kier alpha value is -4.07. The maximum Gasteiger partial charge on any atom is 0.407 e. The van der Waals surface area contributed by atoms with E-state index >= 15 is 4.39 Å². The highest BCUT2D eigenvalue weighted by Gasteiger charge is 2.38. The average molecular weight is 700 g/mol. The van der Waals surface area contributed by atoms with E-state index in [2.05, 4.69) is 30.3 Å². The van der Waals surface area contributed by atoms with E-state index in [1.54, 1.807) is 12.3 Å². The van der Waals surface area contributed by atoms with Crippen LogP contribution in [-0.4, -0.2) is 79.4 Å². The number of carbonyl (C=O) groups is 3. The van der Waals surface area contributed by atoms with Crippen molar-refractivity contribution in [3.8, 4) is 11.1 Å². The van der Waals surface area contributed by atoms with Crippen molar-refractivity contribution in [3.63, 3.8) is 0 Å². The maximum absolute atomic E-state index is 15.1. The number of ether oxygens (including phenoxy) is 1. The first-order chi connectivity index (χ1) is 23.0. The van der Waals surface area contributed by atoms with Gasteiger partial charge in [-0.3, -0.25) is 9.59 Å². The fraction of sp³-hybridized carbons (Fsp3) is 0.472. The molecule has 3 aromatic rings. The Morgan fingerprint density at radius 1 is 1.06 bits per heavy atom. The van der Waals surface area contributed by atoms with Crippen molar-refractivity contribution < 1.29 is 33.0 Å². The largest absolute Gasteiger partial charge is 0.450 e. The summed E-state index contributed by atoms with van der Waals surface area (Å²) in [5.41, 5.74) is 6.96. The summed E-state index contributed by atoms with van der Waals surface area (Å²) in [5.74, 6) is -2.30. The van der Waals surface area contributed by atoms with Crippen LogP contribution < -0.4 is 16.4 Å². The van der Waals surface area contributed by atoms with Crippen LogP contribution in [0.5, 0.6) is 0 Å². The molecule has 2 aromatic carbocycles. The molecular weight excluding hydrogens is 649 g/mol. The van der Waals surface area contributed by atoms with Crippen LogP contribution in [-0.2, 0) is 20.9 Å². The molecule has 1 unspecified atom stereocenters. The summed E-state index contributed by atoms with van der Waals surface area (Å²) >= 11 is 0. The Kier molecular flexibility index (Phi) is 14.1. The van der Waals surface area contributed by atoms with Gasteiger partial charge < -0.3 is 35.7 Å². The number of amides is 3. The first-order valence-corrected chi connectivity index (χ1v) is 20.3. The van der Waals surface area contributed by atoms with Crippen molar-refractivity contribution in [2.45, 2.75) is 71.5 Å². The standard InChI is InChI=1S/C36H51F2N5O5Si/c1-36(2,3)33(31-20-26(28-21-27(37)12-13-29(28)38)23-42(31)22-25-10-8-7-9-11-25)43(32(45)24-44)17-14-30(34(46)40-16-15-39)41-35(47)48-18-19-49(4,5)6/h7-13,20-21,23,30,33,44H,14-19,22,24,39H2,1-6H3,(H,40,46)(H,41,47)/t30-,33?/m0/s1. The molecular formula is C36H51F2N5O5Si. The SMILES string of the molecule is CC(C)(C)C(c1cc(-c2cc(F)ccc2F)cn1Cc1ccccc1)N(CC[C@H](NC(=O)OCC[Si](C)(C)C)C(=O)NCCN)C(=O)CO. The highest BCUT2D eigenvalue weighted by Crippen LogP contribution is 2.41. The molecule has 5 N–H and O–H groups in total. The van der Waals surface area contributed by atoms with E-state index in [-0.39, 0.29) is 38.2 Å². The first kappa shape index (κ1) is 39.4. The summed E-state index contributed by atoms with van der Waals surface area (Å²) in [7, 11) is -1.48. The van der Waals surface area contributed by atoms with Crippen molar-refractivity contribution in [2.75, 3.05) is 32.8 Å². The Morgan fingerprint density at radius 3 is 2.37 bits per heavy atom. The Labute approximate surface area is 289 Å². The number of rotatable bonds is 16. The number of aliphatic hydroxyl groups excluding tert-OH is 1. The summed E-state index contributed by atoms with van der Waals surface area (Å²) < 4.78 is 36.6. The number of alkyl carbamates (subject to hydrolysis) is 1. The normalized spacial score (nSPS) is 13.0. The highest BCUT2D eigenvalue weighted by atomic mass is 28.3. The molecule has 2 atom stereocenters. The van der Waals surface area contributed by atoms with E-state index in [0.717, 1.165) is 29.8 Å². The molecule has 0 bridgehead atoms. The molecule has 0 saturated heterocycles. The second-order valence-electron chi connectivity index (χ2n) is 14.4. The van der Waals surface area contributed by atoms with Gasteiger partial charge in [0.05, 0.1) is 12.6 Å². The Balaban J connectivity index is 2.05. The van der Waals surface area contributed by atoms with Crippen molar-refractivity contribution in [2.24, 2.45) is 11.1 Å². The maximum atomic E-state index is 15.1. The second kappa shape index (κ2) is 17.5. The summed E-state index contributed by atoms with van der Waals surface area (Å²) in [6.45, 7) is 12.3. The smallest absolute Gasteiger partial charge is 0.407 e. The van der Waals surface area contributed by atoms with Gasteiger partial charge in [0.25, 0.3) is 0 Å². The fourth-order valence-electron chi connectivity index (χ4n) is 5.59. The molecule has 0 radical (unpaired) electrons. The molecule has 1 heterocycles. The third kappa shape index (κ3) is 11.8. The number of aliphatic hydroxyl groups is 1. The second-order valence-corrected chi connectivity index (χ2v) is 20.0. The van der Waals surface area contributed by atoms with Gasteiger partial charge in [-0.1, -0.05) is 70.7 Å². The number of halogens is 2. The van der Waals surface area contributed by atoms with Crippen LogP contribution >= 0.6 is 0 Å². The minimum Gasteiger partial charge on any atom is -0.450 e. The minimum atomic E-state index is -1.48. The highest BCUT2D eigenvalue weighted by molar-refractivity contribution is 6.76. The first-order valence-electron chi connectivity index (χ1n) is 16.5. The lowest BCUT2D eigenvalue weighted by Gasteiger charge is -2.41. The van der Waals surface area contributed by atoms with Crippen LogP contribution in [0.25, 0.3) is 11.1 Å². The lowest BCUT2D eigenvalue weighted by molar-refractivity contribution is -0.140. The summed E-state index contributed by atoms with van der Waals surface area (Å²) in [6.07, 6.45) is 0.960. The molecule has 3 amide bonds. The van der Waals surface area contributed by atoms with Crippen LogP contribution in [0.2, 0.25) is 25.7 Å². The third-order valence-electron chi connectivity index (χ3n) is 8.03. The number of nitrogens with zero attached hydrogens (tertiary/aromatic N) is 2. The van der Waals surface area contributed by atoms with E-state index in [1.807, 2.05) is 55.7 Å². The minimum absolute atomic E-state index is 0.0113. The Bertz CT molecular complexity index is 1560. The number of nitrogens with two attached hydrogens (primary N) is 1. The van der Waals surface area contributed by atoms with Crippen LogP contribution in [0, 0.1) is 17.0 Å². The van der Waals surface area contributed by atoms with E-state index in [4.69, 9.17) is 10.5 Å². The molecule has 10 nitrogen and oxygen atoms in total. The van der Waals surface area contributed by atoms with Gasteiger partial charge >= 0.3 is 6.09 Å². The molecule has 0 aliphatic carbocycles. The van der Waals surface area contributed by atoms with Crippen LogP contribution in [0.4, 0.5) is 13.6 Å². The number of hydrogen-bond acceptors (Lipinski definition) is 6. The van der Waals surface area contributed by atoms with Gasteiger partial charge in [-0.2, -0.15) is 0 Å². The van der Waals surface area contributed by atoms with E-state index in [1.165, 1.54) is 4.90 Å². The van der Waals surface area contributed by atoms with Crippen LogP contribution in [0.3, 0.4) is 0 Å². The summed E-state index contributed by atoms with van der Waals surface area (Å²) in [4.78, 5) is 41.0. The average Bonchev–Trinajstić information content (AvgIpc) is 3.43. The van der Waals surface area contributed by atoms with Gasteiger partial charge in [-0.15, -0.1) is 0 Å². The van der Waals surface area contributed by atoms with Gasteiger partial charge in [-0.25, -0.2) is 13.6 Å². The predicted octanol–water partition coefficient (Wildman–Crippen LogP) is 5.29. The number of benzene rings is 2. The summed E-state index contributed by atoms with van der Waals surface area (Å²) in [5, 5.41) is 15.5. The lowest BCUT2D eigenvalue weighted by Crippen LogP contribution is -2.51. The van der Waals surface area contributed by atoms with Crippen molar-refractivity contribution >= 4 is 26.0 Å². The number of nitrogens with one attached hydrogen (secondary N) is 2. The van der Waals surface area contributed by atoms with E-state index < -0.39 is 61.7 Å². The monoisotopic (exact) mass is 699 g/mol. The quantitative estimate of drug-likeness (QED) is 0.150.